The van der Waals surface area contributed by atoms with E-state index in [1.54, 1.807) is 11.3 Å². The second-order valence-electron chi connectivity index (χ2n) is 5.33. The van der Waals surface area contributed by atoms with Gasteiger partial charge in [0.25, 0.3) is 0 Å². The van der Waals surface area contributed by atoms with Gasteiger partial charge in [-0.1, -0.05) is 36.4 Å². The Hall–Kier alpha value is -2.53. The van der Waals surface area contributed by atoms with Crippen molar-refractivity contribution in [3.8, 4) is 0 Å². The maximum Gasteiger partial charge on any atom is 0.246 e. The number of benzene rings is 2. The maximum absolute atomic E-state index is 11.9. The van der Waals surface area contributed by atoms with E-state index in [9.17, 15) is 4.79 Å². The fourth-order valence-electron chi connectivity index (χ4n) is 2.32. The molecule has 1 heterocycles. The highest BCUT2D eigenvalue weighted by molar-refractivity contribution is 7.09. The van der Waals surface area contributed by atoms with E-state index in [2.05, 4.69) is 39.8 Å². The van der Waals surface area contributed by atoms with Crippen LogP contribution in [0.15, 0.2) is 52.9 Å². The number of fused-ring (bicyclic) bond motifs is 1. The number of carbonyl (C=O) groups excluding carboxylic acids is 1. The number of amides is 1. The zero-order valence-electron chi connectivity index (χ0n) is 13.0. The molecule has 0 atom stereocenters. The lowest BCUT2D eigenvalue weighted by Gasteiger charge is -2.04. The summed E-state index contributed by atoms with van der Waals surface area (Å²) < 4.78 is 0. The molecule has 116 valence electrons. The third-order valence-electron chi connectivity index (χ3n) is 3.52. The molecular formula is C18H17N3OS. The molecule has 1 amide bonds. The molecule has 0 spiro atoms. The van der Waals surface area contributed by atoms with Crippen molar-refractivity contribution in [3.05, 3.63) is 64.1 Å². The van der Waals surface area contributed by atoms with Crippen LogP contribution in [0.5, 0.6) is 0 Å². The fourth-order valence-corrected chi connectivity index (χ4v) is 2.93. The van der Waals surface area contributed by atoms with Gasteiger partial charge in [-0.05, 0) is 36.2 Å². The van der Waals surface area contributed by atoms with Crippen LogP contribution >= 0.6 is 11.3 Å². The molecule has 2 aromatic carbocycles. The molecule has 4 nitrogen and oxygen atoms in total. The zero-order chi connectivity index (χ0) is 16.2. The van der Waals surface area contributed by atoms with Crippen LogP contribution in [0.3, 0.4) is 0 Å². The summed E-state index contributed by atoms with van der Waals surface area (Å²) in [7, 11) is 0. The van der Waals surface area contributed by atoms with Crippen LogP contribution in [0, 0.1) is 6.92 Å². The summed E-state index contributed by atoms with van der Waals surface area (Å²) in [4.78, 5) is 16.2. The summed E-state index contributed by atoms with van der Waals surface area (Å²) in [5, 5.41) is 9.40. The van der Waals surface area contributed by atoms with Gasteiger partial charge in [0.2, 0.25) is 5.91 Å². The highest BCUT2D eigenvalue weighted by Crippen LogP contribution is 2.16. The molecule has 1 aromatic heterocycles. The molecule has 0 saturated carbocycles. The minimum absolute atomic E-state index is 0.157. The SMILES string of the molecule is CC(=NNC(=O)Cc1csc(C)n1)c1ccc2ccccc2c1. The lowest BCUT2D eigenvalue weighted by atomic mass is 10.0. The lowest BCUT2D eigenvalue weighted by molar-refractivity contribution is -0.120. The Morgan fingerprint density at radius 1 is 1.22 bits per heavy atom. The Balaban J connectivity index is 1.69. The van der Waals surface area contributed by atoms with Gasteiger partial charge in [0.1, 0.15) is 0 Å². The van der Waals surface area contributed by atoms with Crippen molar-refractivity contribution in [3.63, 3.8) is 0 Å². The van der Waals surface area contributed by atoms with E-state index in [1.165, 1.54) is 5.39 Å². The normalized spacial score (nSPS) is 11.7. The second kappa shape index (κ2) is 6.71. The number of thiazole rings is 1. The largest absolute Gasteiger partial charge is 0.273 e. The van der Waals surface area contributed by atoms with Crippen molar-refractivity contribution in [1.82, 2.24) is 10.4 Å². The van der Waals surface area contributed by atoms with Crippen LogP contribution in [-0.2, 0) is 11.2 Å². The van der Waals surface area contributed by atoms with Gasteiger partial charge in [0, 0.05) is 5.38 Å². The highest BCUT2D eigenvalue weighted by atomic mass is 32.1. The number of nitrogens with one attached hydrogen (secondary N) is 1. The Morgan fingerprint density at radius 3 is 2.74 bits per heavy atom. The molecular weight excluding hydrogens is 306 g/mol. The van der Waals surface area contributed by atoms with Gasteiger partial charge in [-0.3, -0.25) is 4.79 Å². The average molecular weight is 323 g/mol. The number of hydrazone groups is 1. The first-order valence-corrected chi connectivity index (χ1v) is 8.23. The molecule has 0 saturated heterocycles. The predicted molar refractivity (Wildman–Crippen MR) is 94.9 cm³/mol. The number of carbonyl (C=O) groups is 1. The molecule has 0 aliphatic heterocycles. The van der Waals surface area contributed by atoms with Gasteiger partial charge in [0.15, 0.2) is 0 Å². The molecule has 0 aliphatic rings. The number of aromatic nitrogens is 1. The fraction of sp³-hybridized carbons (Fsp3) is 0.167. The Morgan fingerprint density at radius 2 is 2.00 bits per heavy atom. The lowest BCUT2D eigenvalue weighted by Crippen LogP contribution is -2.21. The van der Waals surface area contributed by atoms with Gasteiger partial charge >= 0.3 is 0 Å². The number of nitrogens with zero attached hydrogens (tertiary/aromatic N) is 2. The van der Waals surface area contributed by atoms with Gasteiger partial charge in [-0.2, -0.15) is 5.10 Å². The standard InChI is InChI=1S/C18H17N3OS/c1-12(15-8-7-14-5-3-4-6-16(14)9-15)20-21-18(22)10-17-11-23-13(2)19-17/h3-9,11H,10H2,1-2H3,(H,21,22). The molecule has 3 rings (SSSR count). The third kappa shape index (κ3) is 3.81. The average Bonchev–Trinajstić information content (AvgIpc) is 2.97. The van der Waals surface area contributed by atoms with E-state index < -0.39 is 0 Å². The molecule has 0 unspecified atom stereocenters. The summed E-state index contributed by atoms with van der Waals surface area (Å²) in [5.74, 6) is -0.157. The van der Waals surface area contributed by atoms with Crippen molar-refractivity contribution in [2.45, 2.75) is 20.3 Å². The number of hydrogen-bond donors (Lipinski definition) is 1. The van der Waals surface area contributed by atoms with Crippen molar-refractivity contribution in [1.29, 1.82) is 0 Å². The van der Waals surface area contributed by atoms with E-state index in [4.69, 9.17) is 0 Å². The van der Waals surface area contributed by atoms with E-state index in [1.807, 2.05) is 37.4 Å². The van der Waals surface area contributed by atoms with Gasteiger partial charge < -0.3 is 0 Å². The minimum Gasteiger partial charge on any atom is -0.273 e. The Kier molecular flexibility index (Phi) is 4.48. The van der Waals surface area contributed by atoms with Crippen molar-refractivity contribution in [2.75, 3.05) is 0 Å². The van der Waals surface area contributed by atoms with Crippen molar-refractivity contribution >= 4 is 33.7 Å². The molecule has 0 bridgehead atoms. The molecule has 5 heteroatoms. The number of rotatable bonds is 4. The molecule has 0 fully saturated rings. The summed E-state index contributed by atoms with van der Waals surface area (Å²) in [6.45, 7) is 3.81. The maximum atomic E-state index is 11.9. The zero-order valence-corrected chi connectivity index (χ0v) is 13.9. The monoisotopic (exact) mass is 323 g/mol. The van der Waals surface area contributed by atoms with Gasteiger partial charge in [-0.25, -0.2) is 10.4 Å². The topological polar surface area (TPSA) is 54.4 Å². The summed E-state index contributed by atoms with van der Waals surface area (Å²) in [6, 6.07) is 14.3. The number of aryl methyl sites for hydroxylation is 1. The van der Waals surface area contributed by atoms with Crippen LogP contribution in [0.25, 0.3) is 10.8 Å². The quantitative estimate of drug-likeness (QED) is 0.588. The first kappa shape index (κ1) is 15.4. The van der Waals surface area contributed by atoms with E-state index in [0.717, 1.165) is 27.4 Å². The first-order valence-electron chi connectivity index (χ1n) is 7.35. The van der Waals surface area contributed by atoms with E-state index in [0.29, 0.717) is 0 Å². The van der Waals surface area contributed by atoms with Gasteiger partial charge in [0.05, 0.1) is 22.8 Å². The molecule has 0 radical (unpaired) electrons. The van der Waals surface area contributed by atoms with E-state index in [-0.39, 0.29) is 12.3 Å². The van der Waals surface area contributed by atoms with E-state index >= 15 is 0 Å². The van der Waals surface area contributed by atoms with Crippen molar-refractivity contribution < 1.29 is 4.79 Å². The summed E-state index contributed by atoms with van der Waals surface area (Å²) in [6.07, 6.45) is 0.249. The highest BCUT2D eigenvalue weighted by Gasteiger charge is 2.06. The van der Waals surface area contributed by atoms with Crippen LogP contribution in [0.2, 0.25) is 0 Å². The van der Waals surface area contributed by atoms with Crippen molar-refractivity contribution in [2.24, 2.45) is 5.10 Å². The van der Waals surface area contributed by atoms with Crippen LogP contribution in [0.1, 0.15) is 23.2 Å². The first-order chi connectivity index (χ1) is 11.1. The van der Waals surface area contributed by atoms with Crippen LogP contribution < -0.4 is 5.43 Å². The third-order valence-corrected chi connectivity index (χ3v) is 4.35. The Labute approximate surface area is 138 Å². The molecule has 1 N–H and O–H groups in total. The summed E-state index contributed by atoms with van der Waals surface area (Å²) in [5.41, 5.74) is 5.15. The molecule has 23 heavy (non-hydrogen) atoms. The smallest absolute Gasteiger partial charge is 0.246 e. The minimum atomic E-state index is -0.157. The van der Waals surface area contributed by atoms with Crippen LogP contribution in [-0.4, -0.2) is 16.6 Å². The predicted octanol–water partition coefficient (Wildman–Crippen LogP) is 3.69. The number of hydrogen-bond acceptors (Lipinski definition) is 4. The molecule has 0 aliphatic carbocycles. The second-order valence-corrected chi connectivity index (χ2v) is 6.39. The molecule has 3 aromatic rings. The summed E-state index contributed by atoms with van der Waals surface area (Å²) >= 11 is 1.54. The van der Waals surface area contributed by atoms with Crippen LogP contribution in [0.4, 0.5) is 0 Å². The Bertz CT molecular complexity index is 883. The van der Waals surface area contributed by atoms with Gasteiger partial charge in [-0.15, -0.1) is 11.3 Å².